The molecule has 1 fully saturated rings. The molecule has 0 aliphatic carbocycles. The van der Waals surface area contributed by atoms with Crippen molar-refractivity contribution < 1.29 is 8.85 Å². The van der Waals surface area contributed by atoms with Gasteiger partial charge in [0.1, 0.15) is 6.29 Å². The number of rotatable bonds is 2. The summed E-state index contributed by atoms with van der Waals surface area (Å²) < 4.78 is 10.2. The van der Waals surface area contributed by atoms with Gasteiger partial charge in [0.15, 0.2) is 0 Å². The van der Waals surface area contributed by atoms with Crippen LogP contribution in [0.4, 0.5) is 0 Å². The zero-order valence-corrected chi connectivity index (χ0v) is 5.93. The van der Waals surface area contributed by atoms with Crippen LogP contribution < -0.4 is 0 Å². The summed E-state index contributed by atoms with van der Waals surface area (Å²) in [5.41, 5.74) is 0. The largest absolute Gasteiger partial charge is 0.373 e. The second-order valence-corrected chi connectivity index (χ2v) is 2.57. The minimum Gasteiger partial charge on any atom is -0.373 e. The van der Waals surface area contributed by atoms with E-state index in [1.807, 2.05) is 0 Å². The third kappa shape index (κ3) is 1.26. The molecule has 1 aliphatic heterocycles. The smallest absolute Gasteiger partial charge is 0.308 e. The van der Waals surface area contributed by atoms with E-state index in [2.05, 4.69) is 6.92 Å². The highest BCUT2D eigenvalue weighted by molar-refractivity contribution is 6.20. The molecule has 0 aromatic rings. The molecule has 0 atom stereocenters. The van der Waals surface area contributed by atoms with Crippen LogP contribution in [0, 0.1) is 0 Å². The van der Waals surface area contributed by atoms with Crippen molar-refractivity contribution in [3.8, 4) is 0 Å². The second kappa shape index (κ2) is 2.45. The Bertz CT molecular complexity index is 53.7. The average molecular weight is 118 g/mol. The Balaban J connectivity index is 1.93. The van der Waals surface area contributed by atoms with Gasteiger partial charge in [-0.1, -0.05) is 13.3 Å². The SMILES string of the molecule is CCCC1O[SiH2]O1. The molecule has 1 heterocycles. The molecule has 0 amide bonds. The van der Waals surface area contributed by atoms with E-state index in [0.29, 0.717) is 0 Å². The normalized spacial score (nSPS) is 33.0. The molecule has 0 spiro atoms. The maximum atomic E-state index is 5.09. The molecule has 2 nitrogen and oxygen atoms in total. The molecule has 1 aliphatic rings. The van der Waals surface area contributed by atoms with Gasteiger partial charge in [0.05, 0.1) is 0 Å². The minimum absolute atomic E-state index is 0.191. The van der Waals surface area contributed by atoms with Crippen molar-refractivity contribution in [3.63, 3.8) is 0 Å². The van der Waals surface area contributed by atoms with Gasteiger partial charge in [0.2, 0.25) is 0 Å². The molecule has 42 valence electrons. The zero-order chi connectivity index (χ0) is 5.11. The van der Waals surface area contributed by atoms with Gasteiger partial charge >= 0.3 is 10.0 Å². The number of hydrogen-bond donors (Lipinski definition) is 0. The first-order chi connectivity index (χ1) is 3.43. The maximum Gasteiger partial charge on any atom is 0.308 e. The summed E-state index contributed by atoms with van der Waals surface area (Å²) in [5.74, 6) is 0. The van der Waals surface area contributed by atoms with Crippen molar-refractivity contribution in [2.24, 2.45) is 0 Å². The first-order valence-electron chi connectivity index (χ1n) is 2.66. The molecular formula is C4H10O2Si. The van der Waals surface area contributed by atoms with Gasteiger partial charge in [-0.05, 0) is 6.42 Å². The lowest BCUT2D eigenvalue weighted by atomic mass is 10.3. The molecule has 3 heteroatoms. The van der Waals surface area contributed by atoms with Crippen LogP contribution in [0.25, 0.3) is 0 Å². The van der Waals surface area contributed by atoms with Gasteiger partial charge in [-0.3, -0.25) is 0 Å². The quantitative estimate of drug-likeness (QED) is 0.481. The zero-order valence-electron chi connectivity index (χ0n) is 4.52. The van der Waals surface area contributed by atoms with Crippen LogP contribution in [0.15, 0.2) is 0 Å². The lowest BCUT2D eigenvalue weighted by Crippen LogP contribution is -2.33. The molecule has 1 rings (SSSR count). The summed E-state index contributed by atoms with van der Waals surface area (Å²) >= 11 is 0. The van der Waals surface area contributed by atoms with Gasteiger partial charge in [0, 0.05) is 0 Å². The van der Waals surface area contributed by atoms with E-state index in [1.54, 1.807) is 0 Å². The Morgan fingerprint density at radius 2 is 2.29 bits per heavy atom. The summed E-state index contributed by atoms with van der Waals surface area (Å²) in [5, 5.41) is 0. The summed E-state index contributed by atoms with van der Waals surface area (Å²) in [4.78, 5) is 0. The first kappa shape index (κ1) is 5.28. The van der Waals surface area contributed by atoms with Crippen LogP contribution in [0.1, 0.15) is 19.8 Å². The predicted octanol–water partition coefficient (Wildman–Crippen LogP) is 0.158. The first-order valence-corrected chi connectivity index (χ1v) is 3.82. The van der Waals surface area contributed by atoms with E-state index in [1.165, 1.54) is 6.42 Å². The third-order valence-electron chi connectivity index (χ3n) is 1.03. The van der Waals surface area contributed by atoms with Gasteiger partial charge in [-0.2, -0.15) is 0 Å². The Morgan fingerprint density at radius 3 is 2.43 bits per heavy atom. The molecule has 1 saturated heterocycles. The summed E-state index contributed by atoms with van der Waals surface area (Å²) in [7, 11) is -0.463. The predicted molar refractivity (Wildman–Crippen MR) is 29.4 cm³/mol. The Kier molecular flexibility index (Phi) is 1.84. The molecular weight excluding hydrogens is 108 g/mol. The topological polar surface area (TPSA) is 18.5 Å². The Labute approximate surface area is 45.9 Å². The highest BCUT2D eigenvalue weighted by Crippen LogP contribution is 2.09. The van der Waals surface area contributed by atoms with E-state index in [4.69, 9.17) is 8.85 Å². The number of hydrogen-bond acceptors (Lipinski definition) is 2. The lowest BCUT2D eigenvalue weighted by Gasteiger charge is -2.26. The second-order valence-electron chi connectivity index (χ2n) is 1.67. The molecule has 0 aromatic heterocycles. The maximum absolute atomic E-state index is 5.09. The molecule has 7 heavy (non-hydrogen) atoms. The van der Waals surface area contributed by atoms with Crippen molar-refractivity contribution in [2.75, 3.05) is 0 Å². The van der Waals surface area contributed by atoms with Crippen LogP contribution in [0.5, 0.6) is 0 Å². The monoisotopic (exact) mass is 118 g/mol. The Hall–Kier alpha value is 0.137. The average Bonchev–Trinajstić information content (AvgIpc) is 1.55. The fraction of sp³-hybridized carbons (Fsp3) is 1.00. The van der Waals surface area contributed by atoms with Crippen LogP contribution in [0.2, 0.25) is 0 Å². The van der Waals surface area contributed by atoms with Crippen molar-refractivity contribution in [1.29, 1.82) is 0 Å². The Morgan fingerprint density at radius 1 is 1.57 bits per heavy atom. The lowest BCUT2D eigenvalue weighted by molar-refractivity contribution is -0.1000. The van der Waals surface area contributed by atoms with Gasteiger partial charge in [-0.25, -0.2) is 0 Å². The van der Waals surface area contributed by atoms with Gasteiger partial charge < -0.3 is 8.85 Å². The molecule has 0 N–H and O–H groups in total. The van der Waals surface area contributed by atoms with Crippen LogP contribution >= 0.6 is 0 Å². The van der Waals surface area contributed by atoms with Crippen LogP contribution in [-0.2, 0) is 8.85 Å². The van der Waals surface area contributed by atoms with Crippen molar-refractivity contribution in [2.45, 2.75) is 26.1 Å². The fourth-order valence-electron chi connectivity index (χ4n) is 0.567. The fourth-order valence-corrected chi connectivity index (χ4v) is 1.23. The van der Waals surface area contributed by atoms with Crippen molar-refractivity contribution in [3.05, 3.63) is 0 Å². The van der Waals surface area contributed by atoms with E-state index >= 15 is 0 Å². The van der Waals surface area contributed by atoms with E-state index in [-0.39, 0.29) is 6.29 Å². The molecule has 0 aromatic carbocycles. The molecule has 0 radical (unpaired) electrons. The summed E-state index contributed by atoms with van der Waals surface area (Å²) in [6.07, 6.45) is 2.43. The summed E-state index contributed by atoms with van der Waals surface area (Å²) in [6, 6.07) is 0. The third-order valence-corrected chi connectivity index (χ3v) is 2.05. The molecule has 0 bridgehead atoms. The van der Waals surface area contributed by atoms with Crippen molar-refractivity contribution >= 4 is 10.0 Å². The van der Waals surface area contributed by atoms with E-state index in [9.17, 15) is 0 Å². The van der Waals surface area contributed by atoms with Gasteiger partial charge in [0.25, 0.3) is 0 Å². The van der Waals surface area contributed by atoms with Crippen LogP contribution in [0.3, 0.4) is 0 Å². The molecule has 0 saturated carbocycles. The van der Waals surface area contributed by atoms with E-state index in [0.717, 1.165) is 6.42 Å². The standard InChI is InChI=1S/C4H10O2Si/c1-2-3-4-5-7-6-4/h4H,2-3,7H2,1H3. The van der Waals surface area contributed by atoms with Crippen molar-refractivity contribution in [1.82, 2.24) is 0 Å². The highest BCUT2D eigenvalue weighted by atomic mass is 28.3. The highest BCUT2D eigenvalue weighted by Gasteiger charge is 2.16. The van der Waals surface area contributed by atoms with Crippen LogP contribution in [-0.4, -0.2) is 16.3 Å². The molecule has 0 unspecified atom stereocenters. The van der Waals surface area contributed by atoms with E-state index < -0.39 is 10.0 Å². The summed E-state index contributed by atoms with van der Waals surface area (Å²) in [6.45, 7) is 2.13. The van der Waals surface area contributed by atoms with Gasteiger partial charge in [-0.15, -0.1) is 0 Å². The minimum atomic E-state index is -0.463.